The lowest BCUT2D eigenvalue weighted by Crippen LogP contribution is -2.43. The number of sulfonamides is 1. The second-order valence-corrected chi connectivity index (χ2v) is 7.96. The van der Waals surface area contributed by atoms with Crippen LogP contribution < -0.4 is 5.56 Å². The molecule has 1 aliphatic rings. The summed E-state index contributed by atoms with van der Waals surface area (Å²) in [6.07, 6.45) is 1.52. The highest BCUT2D eigenvalue weighted by atomic mass is 35.5. The maximum atomic E-state index is 13.0. The van der Waals surface area contributed by atoms with Gasteiger partial charge in [-0.05, 0) is 30.3 Å². The van der Waals surface area contributed by atoms with Gasteiger partial charge in [-0.2, -0.15) is 9.78 Å². The molecule has 3 aromatic rings. The number of aliphatic imine (C=N–C) groups is 1. The minimum Gasteiger partial charge on any atom is -0.267 e. The second kappa shape index (κ2) is 6.22. The van der Waals surface area contributed by atoms with Crippen LogP contribution in [0.5, 0.6) is 0 Å². The van der Waals surface area contributed by atoms with Crippen LogP contribution in [-0.2, 0) is 10.0 Å². The van der Waals surface area contributed by atoms with E-state index in [4.69, 9.17) is 11.6 Å². The van der Waals surface area contributed by atoms with E-state index in [2.05, 4.69) is 10.1 Å². The number of aromatic nitrogens is 2. The Balaban J connectivity index is 1.81. The van der Waals surface area contributed by atoms with Crippen LogP contribution in [0.2, 0.25) is 5.02 Å². The van der Waals surface area contributed by atoms with Crippen LogP contribution in [0.1, 0.15) is 0 Å². The monoisotopic (exact) mass is 388 g/mol. The molecule has 2 aromatic carbocycles. The summed E-state index contributed by atoms with van der Waals surface area (Å²) in [4.78, 5) is 17.0. The molecule has 9 heteroatoms. The third-order valence-electron chi connectivity index (χ3n) is 4.07. The summed E-state index contributed by atoms with van der Waals surface area (Å²) in [5.41, 5.74) is -0.417. The summed E-state index contributed by atoms with van der Waals surface area (Å²) in [5, 5.41) is 5.67. The Hall–Kier alpha value is -2.71. The molecule has 0 radical (unpaired) electrons. The van der Waals surface area contributed by atoms with E-state index in [1.807, 2.05) is 0 Å². The number of hydrogen-bond donors (Lipinski definition) is 0. The van der Waals surface area contributed by atoms with Crippen molar-refractivity contribution in [1.29, 1.82) is 0 Å². The highest BCUT2D eigenvalue weighted by Crippen LogP contribution is 2.21. The summed E-state index contributed by atoms with van der Waals surface area (Å²) in [7, 11) is -3.88. The fourth-order valence-corrected chi connectivity index (χ4v) is 4.32. The van der Waals surface area contributed by atoms with Crippen LogP contribution in [0.4, 0.5) is 0 Å². The first kappa shape index (κ1) is 16.7. The molecule has 0 N–H and O–H groups in total. The van der Waals surface area contributed by atoms with Crippen molar-refractivity contribution >= 4 is 38.4 Å². The van der Waals surface area contributed by atoms with Gasteiger partial charge >= 0.3 is 0 Å². The van der Waals surface area contributed by atoms with Crippen LogP contribution >= 0.6 is 11.6 Å². The van der Waals surface area contributed by atoms with Crippen LogP contribution in [0, 0.1) is 0 Å². The molecule has 2 heterocycles. The molecular weight excluding hydrogens is 376 g/mol. The maximum Gasteiger partial charge on any atom is 0.282 e. The molecule has 0 saturated carbocycles. The lowest BCUT2D eigenvalue weighted by Gasteiger charge is -2.20. The largest absolute Gasteiger partial charge is 0.282 e. The van der Waals surface area contributed by atoms with Crippen molar-refractivity contribution in [1.82, 2.24) is 14.1 Å². The van der Waals surface area contributed by atoms with Crippen molar-refractivity contribution in [3.63, 3.8) is 0 Å². The molecular formula is C17H13ClN4O3S. The zero-order valence-corrected chi connectivity index (χ0v) is 15.0. The normalized spacial score (nSPS) is 14.7. The van der Waals surface area contributed by atoms with E-state index in [1.165, 1.54) is 30.5 Å². The first-order valence-electron chi connectivity index (χ1n) is 7.79. The molecule has 132 valence electrons. The minimum atomic E-state index is -3.88. The van der Waals surface area contributed by atoms with Crippen molar-refractivity contribution < 1.29 is 8.42 Å². The molecule has 0 bridgehead atoms. The number of fused-ring (bicyclic) bond motifs is 1. The molecule has 0 saturated heterocycles. The first-order valence-corrected chi connectivity index (χ1v) is 9.60. The van der Waals surface area contributed by atoms with Gasteiger partial charge in [-0.15, -0.1) is 0 Å². The molecule has 0 atom stereocenters. The Morgan fingerprint density at radius 3 is 2.54 bits per heavy atom. The molecule has 0 aliphatic carbocycles. The Bertz CT molecular complexity index is 1190. The second-order valence-electron chi connectivity index (χ2n) is 5.66. The Kier molecular flexibility index (Phi) is 4.01. The van der Waals surface area contributed by atoms with Gasteiger partial charge in [0, 0.05) is 10.4 Å². The lowest BCUT2D eigenvalue weighted by molar-refractivity contribution is 0.529. The van der Waals surface area contributed by atoms with E-state index in [-0.39, 0.29) is 23.9 Å². The van der Waals surface area contributed by atoms with Gasteiger partial charge in [-0.3, -0.25) is 4.79 Å². The highest BCUT2D eigenvalue weighted by Gasteiger charge is 2.33. The fraction of sp³-hybridized carbons (Fsp3) is 0.118. The zero-order chi connectivity index (χ0) is 18.3. The fourth-order valence-electron chi connectivity index (χ4n) is 2.79. The highest BCUT2D eigenvalue weighted by molar-refractivity contribution is 7.89. The molecule has 26 heavy (non-hydrogen) atoms. The maximum absolute atomic E-state index is 13.0. The Labute approximate surface area is 154 Å². The van der Waals surface area contributed by atoms with E-state index >= 15 is 0 Å². The summed E-state index contributed by atoms with van der Waals surface area (Å²) < 4.78 is 28.1. The van der Waals surface area contributed by atoms with E-state index in [0.717, 1.165) is 8.99 Å². The van der Waals surface area contributed by atoms with Crippen LogP contribution in [-0.4, -0.2) is 41.6 Å². The summed E-state index contributed by atoms with van der Waals surface area (Å²) in [6, 6.07) is 12.8. The minimum absolute atomic E-state index is 0.00398. The predicted octanol–water partition coefficient (Wildman–Crippen LogP) is 1.96. The van der Waals surface area contributed by atoms with Gasteiger partial charge in [0.15, 0.2) is 0 Å². The van der Waals surface area contributed by atoms with Gasteiger partial charge < -0.3 is 0 Å². The van der Waals surface area contributed by atoms with Gasteiger partial charge in [0.25, 0.3) is 15.6 Å². The number of rotatable bonds is 2. The van der Waals surface area contributed by atoms with Gasteiger partial charge in [-0.25, -0.2) is 17.7 Å². The topological polar surface area (TPSA) is 84.6 Å². The molecule has 7 nitrogen and oxygen atoms in total. The molecule has 1 aliphatic heterocycles. The van der Waals surface area contributed by atoms with Crippen molar-refractivity contribution in [2.75, 3.05) is 13.1 Å². The molecule has 0 amide bonds. The lowest BCUT2D eigenvalue weighted by atomic mass is 10.2. The van der Waals surface area contributed by atoms with E-state index in [9.17, 15) is 13.2 Å². The third kappa shape index (κ3) is 2.67. The molecule has 1 aromatic heterocycles. The summed E-state index contributed by atoms with van der Waals surface area (Å²) >= 11 is 5.83. The predicted molar refractivity (Wildman–Crippen MR) is 99.0 cm³/mol. The van der Waals surface area contributed by atoms with Crippen molar-refractivity contribution in [3.05, 3.63) is 70.1 Å². The van der Waals surface area contributed by atoms with Gasteiger partial charge in [-0.1, -0.05) is 29.8 Å². The van der Waals surface area contributed by atoms with E-state index < -0.39 is 15.6 Å². The smallest absolute Gasteiger partial charge is 0.267 e. The van der Waals surface area contributed by atoms with Crippen molar-refractivity contribution in [2.45, 2.75) is 4.90 Å². The van der Waals surface area contributed by atoms with Crippen molar-refractivity contribution in [3.8, 4) is 0 Å². The number of halogens is 1. The SMILES string of the molecule is O=c1c2ccccc2cnn1C1=NCCN1S(=O)(=O)c1ccc(Cl)cc1. The average Bonchev–Trinajstić information content (AvgIpc) is 3.13. The van der Waals surface area contributed by atoms with E-state index in [0.29, 0.717) is 15.8 Å². The first-order chi connectivity index (χ1) is 12.5. The van der Waals surface area contributed by atoms with Crippen LogP contribution in [0.25, 0.3) is 10.8 Å². The molecule has 0 unspecified atom stereocenters. The van der Waals surface area contributed by atoms with Crippen LogP contribution in [0.3, 0.4) is 0 Å². The average molecular weight is 389 g/mol. The standard InChI is InChI=1S/C17H13ClN4O3S/c18-13-5-7-14(8-6-13)26(24,25)21-10-9-19-17(21)22-16(23)15-4-2-1-3-12(15)11-20-22/h1-8,11H,9-10H2. The van der Waals surface area contributed by atoms with E-state index in [1.54, 1.807) is 24.3 Å². The third-order valence-corrected chi connectivity index (χ3v) is 6.11. The molecule has 4 rings (SSSR count). The molecule has 0 fully saturated rings. The quantitative estimate of drug-likeness (QED) is 0.671. The van der Waals surface area contributed by atoms with Gasteiger partial charge in [0.2, 0.25) is 5.96 Å². The van der Waals surface area contributed by atoms with Gasteiger partial charge in [0.1, 0.15) is 0 Å². The van der Waals surface area contributed by atoms with Gasteiger partial charge in [0.05, 0.1) is 29.6 Å². The van der Waals surface area contributed by atoms with Crippen LogP contribution in [0.15, 0.2) is 69.4 Å². The summed E-state index contributed by atoms with van der Waals surface area (Å²) in [6.45, 7) is 0.393. The molecule has 0 spiro atoms. The number of hydrogen-bond acceptors (Lipinski definition) is 5. The number of benzene rings is 2. The summed E-state index contributed by atoms with van der Waals surface area (Å²) in [5.74, 6) is -0.00398. The number of nitrogens with zero attached hydrogens (tertiary/aromatic N) is 4. The van der Waals surface area contributed by atoms with Crippen molar-refractivity contribution in [2.24, 2.45) is 4.99 Å². The zero-order valence-electron chi connectivity index (χ0n) is 13.4. The Morgan fingerprint density at radius 2 is 1.77 bits per heavy atom. The Morgan fingerprint density at radius 1 is 1.04 bits per heavy atom.